The number of hydrogen-bond donors (Lipinski definition) is 0. The lowest BCUT2D eigenvalue weighted by molar-refractivity contribution is 0.259. The summed E-state index contributed by atoms with van der Waals surface area (Å²) < 4.78 is 5.17. The van der Waals surface area contributed by atoms with E-state index in [9.17, 15) is 0 Å². The molecule has 0 unspecified atom stereocenters. The molecule has 1 nitrogen and oxygen atoms in total. The molecule has 2 aromatic carbocycles. The van der Waals surface area contributed by atoms with Gasteiger partial charge in [0.25, 0.3) is 0 Å². The summed E-state index contributed by atoms with van der Waals surface area (Å²) in [6.45, 7) is 2.34. The Labute approximate surface area is 158 Å². The van der Waals surface area contributed by atoms with Crippen LogP contribution in [0.25, 0.3) is 0 Å². The Kier molecular flexibility index (Phi) is 6.78. The largest absolute Gasteiger partial charge is 0.497 e. The highest BCUT2D eigenvalue weighted by atomic mass is 16.5. The van der Waals surface area contributed by atoms with Gasteiger partial charge in [-0.15, -0.1) is 0 Å². The van der Waals surface area contributed by atoms with Crippen LogP contribution >= 0.6 is 0 Å². The number of ether oxygens (including phenoxy) is 1. The summed E-state index contributed by atoms with van der Waals surface area (Å²) in [6, 6.07) is 16.7. The van der Waals surface area contributed by atoms with Crippen molar-refractivity contribution >= 4 is 0 Å². The van der Waals surface area contributed by atoms with E-state index in [1.54, 1.807) is 7.11 Å². The molecule has 0 radical (unpaired) electrons. The summed E-state index contributed by atoms with van der Waals surface area (Å²) in [5, 5.41) is 0. The minimum atomic E-state index is 0.864. The van der Waals surface area contributed by atoms with Gasteiger partial charge in [0.05, 0.1) is 7.11 Å². The quantitative estimate of drug-likeness (QED) is 0.582. The molecule has 0 saturated heterocycles. The lowest BCUT2D eigenvalue weighted by atomic mass is 9.78. The highest BCUT2D eigenvalue weighted by Crippen LogP contribution is 2.33. The molecule has 0 aliphatic heterocycles. The second-order valence-electron chi connectivity index (χ2n) is 7.51. The van der Waals surface area contributed by atoms with Crippen molar-refractivity contribution in [3.63, 3.8) is 0 Å². The van der Waals surface area contributed by atoms with E-state index in [2.05, 4.69) is 43.0 Å². The number of hydrogen-bond acceptors (Lipinski definition) is 1. The van der Waals surface area contributed by atoms with E-state index in [4.69, 9.17) is 4.74 Å². The van der Waals surface area contributed by atoms with Crippen molar-refractivity contribution < 1.29 is 4.74 Å². The van der Waals surface area contributed by atoms with Crippen LogP contribution < -0.4 is 4.74 Å². The van der Waals surface area contributed by atoms with Crippen molar-refractivity contribution in [1.82, 2.24) is 0 Å². The van der Waals surface area contributed by atoms with Crippen LogP contribution in [0.1, 0.15) is 62.1 Å². The summed E-state index contributed by atoms with van der Waals surface area (Å²) in [7, 11) is 1.68. The summed E-state index contributed by atoms with van der Waals surface area (Å²) in [5.74, 6) is 9.27. The van der Waals surface area contributed by atoms with Gasteiger partial charge in [0.2, 0.25) is 0 Å². The molecule has 0 amide bonds. The van der Waals surface area contributed by atoms with Gasteiger partial charge in [0.15, 0.2) is 0 Å². The Morgan fingerprint density at radius 1 is 0.808 bits per heavy atom. The third-order valence-electron chi connectivity index (χ3n) is 5.78. The Morgan fingerprint density at radius 3 is 1.88 bits per heavy atom. The molecule has 0 bridgehead atoms. The van der Waals surface area contributed by atoms with Gasteiger partial charge in [-0.3, -0.25) is 0 Å². The number of rotatable bonds is 5. The average molecular weight is 347 g/mol. The Balaban J connectivity index is 1.50. The van der Waals surface area contributed by atoms with Gasteiger partial charge in [-0.1, -0.05) is 63.0 Å². The minimum Gasteiger partial charge on any atom is -0.497 e. The third-order valence-corrected chi connectivity index (χ3v) is 5.78. The predicted molar refractivity (Wildman–Crippen MR) is 109 cm³/mol. The van der Waals surface area contributed by atoms with Crippen LogP contribution in [0.5, 0.6) is 5.75 Å². The maximum Gasteiger partial charge on any atom is 0.118 e. The standard InChI is InChI=1S/C25H30O/c1-3-20-4-6-21(7-5-20)8-9-22-10-12-23(13-11-22)14-15-24-16-18-25(26-2)19-17-24/h10-13,16-21H,3-9H2,1-2H3. The number of aryl methyl sites for hydroxylation is 1. The highest BCUT2D eigenvalue weighted by molar-refractivity contribution is 5.44. The molecule has 2 aromatic rings. The fraction of sp³-hybridized carbons (Fsp3) is 0.440. The molecule has 1 aliphatic rings. The van der Waals surface area contributed by atoms with Gasteiger partial charge in [-0.25, -0.2) is 0 Å². The van der Waals surface area contributed by atoms with Gasteiger partial charge >= 0.3 is 0 Å². The molecule has 1 fully saturated rings. The normalized spacial score (nSPS) is 19.5. The topological polar surface area (TPSA) is 9.23 Å². The van der Waals surface area contributed by atoms with Crippen molar-refractivity contribution in [3.05, 3.63) is 65.2 Å². The first-order valence-corrected chi connectivity index (χ1v) is 10.0. The molecule has 0 atom stereocenters. The molecule has 1 saturated carbocycles. The monoisotopic (exact) mass is 346 g/mol. The summed E-state index contributed by atoms with van der Waals surface area (Å²) >= 11 is 0. The Morgan fingerprint density at radius 2 is 1.35 bits per heavy atom. The van der Waals surface area contributed by atoms with Crippen molar-refractivity contribution in [2.24, 2.45) is 11.8 Å². The average Bonchev–Trinajstić information content (AvgIpc) is 2.72. The predicted octanol–water partition coefficient (Wildman–Crippen LogP) is 6.24. The Hall–Kier alpha value is -2.20. The SMILES string of the molecule is CCC1CCC(CCc2ccc(C#Cc3ccc(OC)cc3)cc2)CC1. The van der Waals surface area contributed by atoms with E-state index >= 15 is 0 Å². The van der Waals surface area contributed by atoms with Crippen molar-refractivity contribution in [2.45, 2.75) is 51.9 Å². The molecular weight excluding hydrogens is 316 g/mol. The maximum atomic E-state index is 5.17. The zero-order valence-electron chi connectivity index (χ0n) is 16.1. The number of benzene rings is 2. The molecular formula is C25H30O. The number of methoxy groups -OCH3 is 1. The summed E-state index contributed by atoms with van der Waals surface area (Å²) in [5.41, 5.74) is 3.53. The van der Waals surface area contributed by atoms with E-state index in [0.29, 0.717) is 0 Å². The zero-order chi connectivity index (χ0) is 18.2. The molecule has 26 heavy (non-hydrogen) atoms. The smallest absolute Gasteiger partial charge is 0.118 e. The van der Waals surface area contributed by atoms with Crippen LogP contribution in [0.15, 0.2) is 48.5 Å². The third kappa shape index (κ3) is 5.40. The first-order valence-electron chi connectivity index (χ1n) is 10.0. The maximum absolute atomic E-state index is 5.17. The van der Waals surface area contributed by atoms with Crippen LogP contribution in [0.4, 0.5) is 0 Å². The van der Waals surface area contributed by atoms with E-state index in [1.165, 1.54) is 50.5 Å². The highest BCUT2D eigenvalue weighted by Gasteiger charge is 2.19. The van der Waals surface area contributed by atoms with E-state index < -0.39 is 0 Å². The molecule has 3 rings (SSSR count). The molecule has 1 heteroatoms. The van der Waals surface area contributed by atoms with Gasteiger partial charge in [-0.05, 0) is 66.6 Å². The van der Waals surface area contributed by atoms with Crippen LogP contribution in [0.2, 0.25) is 0 Å². The van der Waals surface area contributed by atoms with E-state index in [1.807, 2.05) is 24.3 Å². The van der Waals surface area contributed by atoms with Crippen LogP contribution in [0, 0.1) is 23.7 Å². The van der Waals surface area contributed by atoms with Crippen molar-refractivity contribution in [3.8, 4) is 17.6 Å². The lowest BCUT2D eigenvalue weighted by Gasteiger charge is -2.27. The zero-order valence-corrected chi connectivity index (χ0v) is 16.1. The van der Waals surface area contributed by atoms with E-state index in [0.717, 1.165) is 28.7 Å². The molecule has 0 spiro atoms. The molecule has 0 heterocycles. The second kappa shape index (κ2) is 9.48. The second-order valence-corrected chi connectivity index (χ2v) is 7.51. The van der Waals surface area contributed by atoms with Gasteiger partial charge in [0.1, 0.15) is 5.75 Å². The summed E-state index contributed by atoms with van der Waals surface area (Å²) in [6.07, 6.45) is 9.67. The molecule has 0 N–H and O–H groups in total. The minimum absolute atomic E-state index is 0.864. The lowest BCUT2D eigenvalue weighted by Crippen LogP contribution is -2.14. The van der Waals surface area contributed by atoms with Gasteiger partial charge in [0, 0.05) is 11.1 Å². The van der Waals surface area contributed by atoms with Gasteiger partial charge in [-0.2, -0.15) is 0 Å². The molecule has 136 valence electrons. The fourth-order valence-electron chi connectivity index (χ4n) is 3.87. The Bertz CT molecular complexity index is 722. The van der Waals surface area contributed by atoms with Crippen LogP contribution in [-0.4, -0.2) is 7.11 Å². The van der Waals surface area contributed by atoms with Crippen molar-refractivity contribution in [1.29, 1.82) is 0 Å². The summed E-state index contributed by atoms with van der Waals surface area (Å²) in [4.78, 5) is 0. The molecule has 1 aliphatic carbocycles. The van der Waals surface area contributed by atoms with Crippen molar-refractivity contribution in [2.75, 3.05) is 7.11 Å². The first-order chi connectivity index (χ1) is 12.8. The first kappa shape index (κ1) is 18.6. The van der Waals surface area contributed by atoms with Crippen LogP contribution in [-0.2, 0) is 6.42 Å². The van der Waals surface area contributed by atoms with E-state index in [-0.39, 0.29) is 0 Å². The fourth-order valence-corrected chi connectivity index (χ4v) is 3.87. The van der Waals surface area contributed by atoms with Crippen LogP contribution in [0.3, 0.4) is 0 Å². The molecule has 0 aromatic heterocycles. The van der Waals surface area contributed by atoms with Gasteiger partial charge < -0.3 is 4.74 Å².